The lowest BCUT2D eigenvalue weighted by Gasteiger charge is -2.35. The molecule has 1 heterocycles. The Balaban J connectivity index is 1.77. The van der Waals surface area contributed by atoms with Crippen LogP contribution < -0.4 is 0 Å². The number of hydrogen-bond acceptors (Lipinski definition) is 5. The summed E-state index contributed by atoms with van der Waals surface area (Å²) < 4.78 is 35.0. The van der Waals surface area contributed by atoms with Crippen LogP contribution in [-0.4, -0.2) is 44.7 Å². The van der Waals surface area contributed by atoms with E-state index < -0.39 is 15.7 Å². The normalized spacial score (nSPS) is 17.6. The molecule has 0 aliphatic carbocycles. The van der Waals surface area contributed by atoms with Crippen LogP contribution in [-0.2, 0) is 24.8 Å². The minimum absolute atomic E-state index is 0.108. The molecular weight excluding hydrogens is 366 g/mol. The van der Waals surface area contributed by atoms with Crippen molar-refractivity contribution in [3.8, 4) is 0 Å². The molecule has 0 saturated carbocycles. The van der Waals surface area contributed by atoms with Gasteiger partial charge in [-0.25, -0.2) is 4.79 Å². The summed E-state index contributed by atoms with van der Waals surface area (Å²) in [6, 6.07) is 9.02. The first-order valence-electron chi connectivity index (χ1n) is 9.45. The zero-order chi connectivity index (χ0) is 20.1. The smallest absolute Gasteiger partial charge is 0.410 e. The van der Waals surface area contributed by atoms with Crippen LogP contribution in [0.4, 0.5) is 4.79 Å². The molecule has 27 heavy (non-hydrogen) atoms. The second-order valence-corrected chi connectivity index (χ2v) is 9.89. The summed E-state index contributed by atoms with van der Waals surface area (Å²) in [4.78, 5) is 13.8. The number of nitrogens with zero attached hydrogens (tertiary/aromatic N) is 1. The predicted octanol–water partition coefficient (Wildman–Crippen LogP) is 3.82. The summed E-state index contributed by atoms with van der Waals surface area (Å²) in [5.41, 5.74) is 0.221. The Bertz CT molecular complexity index is 704. The molecule has 0 N–H and O–H groups in total. The molecule has 7 heteroatoms. The van der Waals surface area contributed by atoms with Gasteiger partial charge in [0.15, 0.2) is 0 Å². The molecule has 152 valence electrons. The van der Waals surface area contributed by atoms with Gasteiger partial charge in [-0.2, -0.15) is 8.42 Å². The van der Waals surface area contributed by atoms with Crippen LogP contribution in [0.5, 0.6) is 0 Å². The monoisotopic (exact) mass is 397 g/mol. The fourth-order valence-electron chi connectivity index (χ4n) is 3.14. The summed E-state index contributed by atoms with van der Waals surface area (Å²) in [6.45, 7) is 8.99. The maximum atomic E-state index is 12.2. The number of ether oxygens (including phenoxy) is 1. The third-order valence-corrected chi connectivity index (χ3v) is 5.87. The number of hydrogen-bond donors (Lipinski definition) is 0. The number of rotatable bonds is 6. The Kier molecular flexibility index (Phi) is 7.28. The van der Waals surface area contributed by atoms with Gasteiger partial charge in [-0.3, -0.25) is 4.18 Å². The van der Waals surface area contributed by atoms with E-state index in [9.17, 15) is 13.2 Å². The number of carbonyl (C=O) groups is 1. The minimum atomic E-state index is -3.60. The summed E-state index contributed by atoms with van der Waals surface area (Å²) in [7, 11) is -3.60. The second kappa shape index (κ2) is 9.06. The van der Waals surface area contributed by atoms with Crippen LogP contribution in [0.3, 0.4) is 0 Å². The molecular formula is C20H31NO5S. The van der Waals surface area contributed by atoms with Crippen molar-refractivity contribution in [2.24, 2.45) is 11.8 Å². The van der Waals surface area contributed by atoms with Crippen molar-refractivity contribution in [3.63, 3.8) is 0 Å². The van der Waals surface area contributed by atoms with Gasteiger partial charge in [-0.15, -0.1) is 0 Å². The molecule has 0 aromatic heterocycles. The van der Waals surface area contributed by atoms with Gasteiger partial charge >= 0.3 is 6.09 Å². The fourth-order valence-corrected chi connectivity index (χ4v) is 4.25. The number of benzene rings is 1. The summed E-state index contributed by atoms with van der Waals surface area (Å²) in [5, 5.41) is 0. The van der Waals surface area contributed by atoms with Crippen LogP contribution >= 0.6 is 0 Å². The van der Waals surface area contributed by atoms with Crippen molar-refractivity contribution in [2.75, 3.05) is 19.7 Å². The molecule has 6 nitrogen and oxygen atoms in total. The Morgan fingerprint density at radius 2 is 1.78 bits per heavy atom. The van der Waals surface area contributed by atoms with Crippen LogP contribution in [0, 0.1) is 11.8 Å². The first-order valence-corrected chi connectivity index (χ1v) is 11.0. The molecule has 1 aromatic carbocycles. The highest BCUT2D eigenvalue weighted by Gasteiger charge is 2.29. The van der Waals surface area contributed by atoms with Gasteiger partial charge < -0.3 is 9.64 Å². The average molecular weight is 398 g/mol. The lowest BCUT2D eigenvalue weighted by Crippen LogP contribution is -2.43. The first kappa shape index (κ1) is 21.7. The van der Waals surface area contributed by atoms with E-state index in [1.165, 1.54) is 0 Å². The maximum absolute atomic E-state index is 12.2. The van der Waals surface area contributed by atoms with E-state index in [-0.39, 0.29) is 24.4 Å². The van der Waals surface area contributed by atoms with Gasteiger partial charge in [0.05, 0.1) is 6.61 Å². The van der Waals surface area contributed by atoms with Gasteiger partial charge in [0.25, 0.3) is 10.1 Å². The molecule has 0 unspecified atom stereocenters. The molecule has 1 aliphatic heterocycles. The minimum Gasteiger partial charge on any atom is -0.444 e. The molecule has 0 radical (unpaired) electrons. The molecule has 1 aromatic rings. The van der Waals surface area contributed by atoms with Gasteiger partial charge in [-0.05, 0) is 51.0 Å². The lowest BCUT2D eigenvalue weighted by atomic mass is 9.86. The molecule has 1 saturated heterocycles. The zero-order valence-corrected chi connectivity index (χ0v) is 17.5. The van der Waals surface area contributed by atoms with E-state index in [0.29, 0.717) is 19.0 Å². The number of amides is 1. The van der Waals surface area contributed by atoms with E-state index in [1.807, 2.05) is 45.9 Å². The quantitative estimate of drug-likeness (QED) is 0.683. The average Bonchev–Trinajstić information content (AvgIpc) is 2.59. The fraction of sp³-hybridized carbons (Fsp3) is 0.650. The van der Waals surface area contributed by atoms with Crippen molar-refractivity contribution >= 4 is 16.2 Å². The topological polar surface area (TPSA) is 72.9 Å². The summed E-state index contributed by atoms with van der Waals surface area (Å²) in [6.07, 6.45) is 1.36. The summed E-state index contributed by atoms with van der Waals surface area (Å²) >= 11 is 0. The third-order valence-electron chi connectivity index (χ3n) is 4.69. The van der Waals surface area contributed by atoms with Crippen molar-refractivity contribution in [3.05, 3.63) is 35.9 Å². The Morgan fingerprint density at radius 1 is 1.19 bits per heavy atom. The maximum Gasteiger partial charge on any atom is 0.410 e. The second-order valence-electron chi connectivity index (χ2n) is 8.25. The first-order chi connectivity index (χ1) is 12.6. The highest BCUT2D eigenvalue weighted by molar-refractivity contribution is 7.85. The third kappa shape index (κ3) is 7.50. The zero-order valence-electron chi connectivity index (χ0n) is 16.7. The highest BCUT2D eigenvalue weighted by Crippen LogP contribution is 2.26. The van der Waals surface area contributed by atoms with E-state index >= 15 is 0 Å². The number of likely N-dealkylation sites (tertiary alicyclic amines) is 1. The van der Waals surface area contributed by atoms with Crippen molar-refractivity contribution in [1.82, 2.24) is 4.90 Å². The van der Waals surface area contributed by atoms with Gasteiger partial charge in [-0.1, -0.05) is 37.3 Å². The lowest BCUT2D eigenvalue weighted by molar-refractivity contribution is 0.0152. The predicted molar refractivity (Wildman–Crippen MR) is 105 cm³/mol. The van der Waals surface area contributed by atoms with Crippen LogP contribution in [0.25, 0.3) is 0 Å². The Hall–Kier alpha value is -1.60. The van der Waals surface area contributed by atoms with Gasteiger partial charge in [0, 0.05) is 13.1 Å². The molecule has 0 spiro atoms. The van der Waals surface area contributed by atoms with Gasteiger partial charge in [0.1, 0.15) is 11.4 Å². The Morgan fingerprint density at radius 3 is 2.33 bits per heavy atom. The van der Waals surface area contributed by atoms with Crippen LogP contribution in [0.15, 0.2) is 30.3 Å². The molecule has 0 bridgehead atoms. The van der Waals surface area contributed by atoms with Crippen LogP contribution in [0.2, 0.25) is 0 Å². The van der Waals surface area contributed by atoms with Gasteiger partial charge in [0.2, 0.25) is 0 Å². The number of carbonyl (C=O) groups excluding carboxylic acids is 1. The largest absolute Gasteiger partial charge is 0.444 e. The number of piperidine rings is 1. The van der Waals surface area contributed by atoms with Crippen LogP contribution in [0.1, 0.15) is 46.1 Å². The van der Waals surface area contributed by atoms with E-state index in [0.717, 1.165) is 18.4 Å². The van der Waals surface area contributed by atoms with E-state index in [4.69, 9.17) is 8.92 Å². The van der Waals surface area contributed by atoms with E-state index in [2.05, 4.69) is 0 Å². The molecule has 1 fully saturated rings. The van der Waals surface area contributed by atoms with E-state index in [1.54, 1.807) is 17.0 Å². The Labute approximate surface area is 163 Å². The van der Waals surface area contributed by atoms with Crippen molar-refractivity contribution in [2.45, 2.75) is 51.9 Å². The standard InChI is InChI=1S/C20H31NO5S/c1-16(14-25-27(23,24)15-17-8-6-5-7-9-17)18-10-12-21(13-11-18)19(22)26-20(2,3)4/h5-9,16,18H,10-15H2,1-4H3/t16-/m1/s1. The van der Waals surface area contributed by atoms with Crippen molar-refractivity contribution in [1.29, 1.82) is 0 Å². The highest BCUT2D eigenvalue weighted by atomic mass is 32.2. The molecule has 1 atom stereocenters. The van der Waals surface area contributed by atoms with Crippen molar-refractivity contribution < 1.29 is 22.1 Å². The summed E-state index contributed by atoms with van der Waals surface area (Å²) in [5.74, 6) is 0.324. The molecule has 2 rings (SSSR count). The molecule has 1 aliphatic rings. The molecule has 1 amide bonds. The SMILES string of the molecule is C[C@H](COS(=O)(=O)Cc1ccccc1)C1CCN(C(=O)OC(C)(C)C)CC1.